The zero-order chi connectivity index (χ0) is 21.7. The number of nitrogens with one attached hydrogen (secondary N) is 1. The number of furan rings is 1. The molecule has 1 aromatic carbocycles. The lowest BCUT2D eigenvalue weighted by molar-refractivity contribution is -0.384. The SMILES string of the molecule is COc1ccc(-c2ccc(C=C(C#N)C(=O)Nc3nc(SC)ns3)o2)c([N+](=O)[O-])c1. The summed E-state index contributed by atoms with van der Waals surface area (Å²) in [6, 6.07) is 9.18. The molecule has 0 spiro atoms. The summed E-state index contributed by atoms with van der Waals surface area (Å²) >= 11 is 2.32. The van der Waals surface area contributed by atoms with Gasteiger partial charge in [0.05, 0.1) is 23.7 Å². The van der Waals surface area contributed by atoms with E-state index in [9.17, 15) is 20.2 Å². The largest absolute Gasteiger partial charge is 0.497 e. The number of methoxy groups -OCH3 is 1. The first-order valence-electron chi connectivity index (χ1n) is 8.18. The number of nitro groups is 1. The number of anilines is 1. The Kier molecular flexibility index (Phi) is 6.45. The van der Waals surface area contributed by atoms with E-state index in [4.69, 9.17) is 9.15 Å². The second-order valence-corrected chi connectivity index (χ2v) is 7.08. The lowest BCUT2D eigenvalue weighted by atomic mass is 10.1. The Morgan fingerprint density at radius 3 is 2.87 bits per heavy atom. The molecule has 152 valence electrons. The van der Waals surface area contributed by atoms with Crippen LogP contribution >= 0.6 is 23.3 Å². The highest BCUT2D eigenvalue weighted by Crippen LogP contribution is 2.34. The van der Waals surface area contributed by atoms with Gasteiger partial charge in [-0.2, -0.15) is 14.6 Å². The van der Waals surface area contributed by atoms with Crippen LogP contribution in [0.15, 0.2) is 45.5 Å². The van der Waals surface area contributed by atoms with E-state index in [1.165, 1.54) is 49.2 Å². The second kappa shape index (κ2) is 9.21. The van der Waals surface area contributed by atoms with Crippen molar-refractivity contribution in [3.63, 3.8) is 0 Å². The highest BCUT2D eigenvalue weighted by molar-refractivity contribution is 7.98. The lowest BCUT2D eigenvalue weighted by Crippen LogP contribution is -2.13. The molecule has 1 amide bonds. The molecule has 2 aromatic heterocycles. The molecule has 0 atom stereocenters. The van der Waals surface area contributed by atoms with Crippen LogP contribution in [-0.4, -0.2) is 33.6 Å². The fraction of sp³-hybridized carbons (Fsp3) is 0.111. The van der Waals surface area contributed by atoms with Crippen molar-refractivity contribution in [2.24, 2.45) is 0 Å². The molecule has 1 N–H and O–H groups in total. The number of rotatable bonds is 7. The van der Waals surface area contributed by atoms with E-state index >= 15 is 0 Å². The topological polar surface area (TPSA) is 144 Å². The van der Waals surface area contributed by atoms with Gasteiger partial charge in [-0.1, -0.05) is 11.8 Å². The monoisotopic (exact) mass is 443 g/mol. The van der Waals surface area contributed by atoms with Gasteiger partial charge >= 0.3 is 0 Å². The van der Waals surface area contributed by atoms with E-state index in [0.29, 0.717) is 10.9 Å². The molecule has 0 aliphatic heterocycles. The number of ether oxygens (including phenoxy) is 1. The average molecular weight is 443 g/mol. The molecule has 0 aliphatic carbocycles. The molecule has 0 saturated heterocycles. The number of thioether (sulfide) groups is 1. The Bertz CT molecular complexity index is 1180. The van der Waals surface area contributed by atoms with Crippen LogP contribution in [0.5, 0.6) is 5.75 Å². The summed E-state index contributed by atoms with van der Waals surface area (Å²) in [4.78, 5) is 27.2. The number of benzene rings is 1. The third-order valence-corrected chi connectivity index (χ3v) is 5.05. The first-order valence-corrected chi connectivity index (χ1v) is 10.2. The van der Waals surface area contributed by atoms with Gasteiger partial charge in [-0.05, 0) is 30.5 Å². The van der Waals surface area contributed by atoms with Gasteiger partial charge in [0.25, 0.3) is 11.6 Å². The van der Waals surface area contributed by atoms with Gasteiger partial charge in [0, 0.05) is 17.6 Å². The van der Waals surface area contributed by atoms with E-state index in [-0.39, 0.29) is 33.5 Å². The number of nitro benzene ring substituents is 1. The Morgan fingerprint density at radius 1 is 1.43 bits per heavy atom. The standard InChI is InChI=1S/C18H13N5O5S2/c1-27-11-3-5-13(14(8-11)23(25)26)15-6-4-12(28-15)7-10(9-19)16(24)20-17-21-18(29-2)22-30-17/h3-8H,1-2H3,(H,20,21,22,24). The normalized spacial score (nSPS) is 11.0. The zero-order valence-electron chi connectivity index (χ0n) is 15.6. The molecule has 2 heterocycles. The number of nitrogens with zero attached hydrogens (tertiary/aromatic N) is 4. The van der Waals surface area contributed by atoms with Crippen LogP contribution in [-0.2, 0) is 4.79 Å². The molecule has 30 heavy (non-hydrogen) atoms. The molecule has 0 fully saturated rings. The van der Waals surface area contributed by atoms with E-state index in [1.807, 2.05) is 0 Å². The number of aromatic nitrogens is 2. The van der Waals surface area contributed by atoms with Crippen LogP contribution in [0, 0.1) is 21.4 Å². The van der Waals surface area contributed by atoms with E-state index < -0.39 is 10.8 Å². The van der Waals surface area contributed by atoms with Crippen LogP contribution in [0.2, 0.25) is 0 Å². The van der Waals surface area contributed by atoms with Crippen LogP contribution < -0.4 is 10.1 Å². The highest BCUT2D eigenvalue weighted by atomic mass is 32.2. The van der Waals surface area contributed by atoms with Gasteiger partial charge < -0.3 is 9.15 Å². The Labute approximate surface area is 178 Å². The van der Waals surface area contributed by atoms with Crippen LogP contribution in [0.4, 0.5) is 10.8 Å². The maximum atomic E-state index is 12.3. The first kappa shape index (κ1) is 21.0. The quantitative estimate of drug-likeness (QED) is 0.188. The van der Waals surface area contributed by atoms with Crippen LogP contribution in [0.25, 0.3) is 17.4 Å². The summed E-state index contributed by atoms with van der Waals surface area (Å²) in [7, 11) is 1.41. The number of hydrogen-bond acceptors (Lipinski definition) is 10. The van der Waals surface area contributed by atoms with Gasteiger partial charge in [0.1, 0.15) is 28.9 Å². The molecular weight excluding hydrogens is 430 g/mol. The summed E-state index contributed by atoms with van der Waals surface area (Å²) in [6.45, 7) is 0. The summed E-state index contributed by atoms with van der Waals surface area (Å²) in [5, 5.41) is 24.0. The number of amides is 1. The van der Waals surface area contributed by atoms with Gasteiger partial charge in [-0.3, -0.25) is 20.2 Å². The zero-order valence-corrected chi connectivity index (χ0v) is 17.2. The highest BCUT2D eigenvalue weighted by Gasteiger charge is 2.20. The Hall–Kier alpha value is -3.69. The van der Waals surface area contributed by atoms with Gasteiger partial charge in [0.15, 0.2) is 0 Å². The summed E-state index contributed by atoms with van der Waals surface area (Å²) in [5.41, 5.74) is -0.179. The minimum Gasteiger partial charge on any atom is -0.497 e. The number of hydrogen-bond donors (Lipinski definition) is 1. The van der Waals surface area contributed by atoms with Gasteiger partial charge in [0.2, 0.25) is 10.3 Å². The van der Waals surface area contributed by atoms with Crippen molar-refractivity contribution in [2.45, 2.75) is 5.16 Å². The predicted octanol–water partition coefficient (Wildman–Crippen LogP) is 3.98. The van der Waals surface area contributed by atoms with Crippen LogP contribution in [0.1, 0.15) is 5.76 Å². The maximum absolute atomic E-state index is 12.3. The minimum atomic E-state index is -0.672. The van der Waals surface area contributed by atoms with Crippen molar-refractivity contribution in [3.05, 3.63) is 51.8 Å². The molecule has 3 aromatic rings. The second-order valence-electron chi connectivity index (χ2n) is 5.55. The van der Waals surface area contributed by atoms with E-state index in [2.05, 4.69) is 14.7 Å². The molecule has 0 unspecified atom stereocenters. The molecule has 0 saturated carbocycles. The predicted molar refractivity (Wildman–Crippen MR) is 111 cm³/mol. The molecule has 0 aliphatic rings. The van der Waals surface area contributed by atoms with E-state index in [1.54, 1.807) is 18.4 Å². The molecule has 12 heteroatoms. The minimum absolute atomic E-state index is 0.184. The smallest absolute Gasteiger partial charge is 0.284 e. The maximum Gasteiger partial charge on any atom is 0.284 e. The average Bonchev–Trinajstić information content (AvgIpc) is 3.40. The molecule has 10 nitrogen and oxygen atoms in total. The molecule has 0 bridgehead atoms. The van der Waals surface area contributed by atoms with Crippen molar-refractivity contribution in [1.82, 2.24) is 9.36 Å². The number of carbonyl (C=O) groups excluding carboxylic acids is 1. The fourth-order valence-electron chi connectivity index (χ4n) is 2.37. The van der Waals surface area contributed by atoms with Crippen molar-refractivity contribution in [2.75, 3.05) is 18.7 Å². The number of carbonyl (C=O) groups is 1. The third-order valence-electron chi connectivity index (χ3n) is 3.76. The molecule has 0 radical (unpaired) electrons. The van der Waals surface area contributed by atoms with Gasteiger partial charge in [-0.15, -0.1) is 0 Å². The summed E-state index contributed by atoms with van der Waals surface area (Å²) in [5.74, 6) is 0.0578. The number of nitriles is 1. The van der Waals surface area contributed by atoms with Crippen molar-refractivity contribution in [1.29, 1.82) is 5.26 Å². The van der Waals surface area contributed by atoms with Gasteiger partial charge in [-0.25, -0.2) is 0 Å². The van der Waals surface area contributed by atoms with Crippen LogP contribution in [0.3, 0.4) is 0 Å². The summed E-state index contributed by atoms with van der Waals surface area (Å²) in [6.07, 6.45) is 3.04. The Balaban J connectivity index is 1.86. The fourth-order valence-corrected chi connectivity index (χ4v) is 3.49. The first-order chi connectivity index (χ1) is 14.4. The van der Waals surface area contributed by atoms with Crippen molar-refractivity contribution in [3.8, 4) is 23.1 Å². The van der Waals surface area contributed by atoms with Crippen molar-refractivity contribution >= 4 is 46.1 Å². The third kappa shape index (κ3) is 4.65. The molecule has 3 rings (SSSR count). The summed E-state index contributed by atoms with van der Waals surface area (Å²) < 4.78 is 14.6. The van der Waals surface area contributed by atoms with E-state index in [0.717, 1.165) is 11.5 Å². The molecular formula is C18H13N5O5S2. The Morgan fingerprint density at radius 2 is 2.23 bits per heavy atom. The van der Waals surface area contributed by atoms with Crippen molar-refractivity contribution < 1.29 is 18.9 Å². The lowest BCUT2D eigenvalue weighted by Gasteiger charge is -2.03.